The van der Waals surface area contributed by atoms with Gasteiger partial charge in [0.25, 0.3) is 0 Å². The normalized spacial score (nSPS) is 12.5. The molecule has 5 nitrogen and oxygen atoms in total. The second-order valence-corrected chi connectivity index (χ2v) is 5.62. The maximum absolute atomic E-state index is 9.80. The molecule has 1 unspecified atom stereocenters. The molecule has 2 N–H and O–H groups in total. The molecule has 0 amide bonds. The second kappa shape index (κ2) is 5.83. The second-order valence-electron chi connectivity index (χ2n) is 4.80. The summed E-state index contributed by atoms with van der Waals surface area (Å²) in [7, 11) is 0. The standard InChI is InChI=1S/C15H15BrN4O/c1-10(21)12-4-2-3-5-13(12)17-6-11-7-19-15-8-18-14(16)9-20(11)15/h2-5,7-10,17,21H,6H2,1H3. The first-order valence-corrected chi connectivity index (χ1v) is 7.43. The lowest BCUT2D eigenvalue weighted by Crippen LogP contribution is -2.06. The molecule has 6 heteroatoms. The minimum Gasteiger partial charge on any atom is -0.389 e. The Labute approximate surface area is 130 Å². The van der Waals surface area contributed by atoms with Crippen molar-refractivity contribution >= 4 is 27.3 Å². The van der Waals surface area contributed by atoms with E-state index in [2.05, 4.69) is 31.2 Å². The molecular weight excluding hydrogens is 332 g/mol. The Kier molecular flexibility index (Phi) is 3.90. The third kappa shape index (κ3) is 2.91. The molecule has 0 fully saturated rings. The van der Waals surface area contributed by atoms with Crippen molar-refractivity contribution in [1.82, 2.24) is 14.4 Å². The summed E-state index contributed by atoms with van der Waals surface area (Å²) in [6.07, 6.45) is 4.92. The van der Waals surface area contributed by atoms with Gasteiger partial charge in [0.2, 0.25) is 0 Å². The van der Waals surface area contributed by atoms with Crippen LogP contribution in [0, 0.1) is 0 Å². The molecule has 0 radical (unpaired) electrons. The summed E-state index contributed by atoms with van der Waals surface area (Å²) >= 11 is 3.36. The first kappa shape index (κ1) is 14.0. The van der Waals surface area contributed by atoms with E-state index >= 15 is 0 Å². The van der Waals surface area contributed by atoms with Gasteiger partial charge in [-0.25, -0.2) is 9.97 Å². The van der Waals surface area contributed by atoms with Crippen molar-refractivity contribution in [2.24, 2.45) is 0 Å². The molecule has 0 aliphatic heterocycles. The van der Waals surface area contributed by atoms with E-state index in [1.165, 1.54) is 0 Å². The monoisotopic (exact) mass is 346 g/mol. The molecule has 1 aromatic carbocycles. The zero-order chi connectivity index (χ0) is 14.8. The molecule has 21 heavy (non-hydrogen) atoms. The number of fused-ring (bicyclic) bond motifs is 1. The molecular formula is C15H15BrN4O. The van der Waals surface area contributed by atoms with E-state index in [9.17, 15) is 5.11 Å². The lowest BCUT2D eigenvalue weighted by atomic mass is 10.1. The van der Waals surface area contributed by atoms with Crippen molar-refractivity contribution in [3.05, 3.63) is 58.7 Å². The highest BCUT2D eigenvalue weighted by Gasteiger charge is 2.08. The van der Waals surface area contributed by atoms with E-state index in [1.807, 2.05) is 41.1 Å². The van der Waals surface area contributed by atoms with Gasteiger partial charge >= 0.3 is 0 Å². The number of benzene rings is 1. The van der Waals surface area contributed by atoms with Gasteiger partial charge in [-0.1, -0.05) is 18.2 Å². The highest BCUT2D eigenvalue weighted by molar-refractivity contribution is 9.10. The quantitative estimate of drug-likeness (QED) is 0.761. The molecule has 108 valence electrons. The van der Waals surface area contributed by atoms with Crippen LogP contribution < -0.4 is 5.32 Å². The van der Waals surface area contributed by atoms with Crippen LogP contribution in [0.3, 0.4) is 0 Å². The van der Waals surface area contributed by atoms with E-state index in [1.54, 1.807) is 13.1 Å². The third-order valence-corrected chi connectivity index (χ3v) is 3.72. The fraction of sp³-hybridized carbons (Fsp3) is 0.200. The Morgan fingerprint density at radius 2 is 2.10 bits per heavy atom. The molecule has 0 saturated carbocycles. The summed E-state index contributed by atoms with van der Waals surface area (Å²) in [6.45, 7) is 2.37. The number of aromatic nitrogens is 3. The number of anilines is 1. The molecule has 2 aromatic heterocycles. The highest BCUT2D eigenvalue weighted by atomic mass is 79.9. The predicted molar refractivity (Wildman–Crippen MR) is 85.1 cm³/mol. The number of aliphatic hydroxyl groups excluding tert-OH is 1. The summed E-state index contributed by atoms with van der Waals surface area (Å²) < 4.78 is 2.74. The molecule has 0 saturated heterocycles. The molecule has 2 heterocycles. The number of halogens is 1. The SMILES string of the molecule is CC(O)c1ccccc1NCc1cnc2cnc(Br)cn12. The number of nitrogens with zero attached hydrogens (tertiary/aromatic N) is 3. The lowest BCUT2D eigenvalue weighted by molar-refractivity contribution is 0.200. The van der Waals surface area contributed by atoms with Crippen LogP contribution in [-0.4, -0.2) is 19.5 Å². The molecule has 0 spiro atoms. The highest BCUT2D eigenvalue weighted by Crippen LogP contribution is 2.23. The first-order valence-electron chi connectivity index (χ1n) is 6.63. The van der Waals surface area contributed by atoms with Crippen molar-refractivity contribution in [1.29, 1.82) is 0 Å². The number of para-hydroxylation sites is 1. The summed E-state index contributed by atoms with van der Waals surface area (Å²) in [5, 5.41) is 13.1. The Balaban J connectivity index is 1.85. The van der Waals surface area contributed by atoms with Crippen molar-refractivity contribution in [3.8, 4) is 0 Å². The van der Waals surface area contributed by atoms with E-state index in [0.29, 0.717) is 6.54 Å². The Bertz CT molecular complexity index is 769. The van der Waals surface area contributed by atoms with Crippen LogP contribution in [0.4, 0.5) is 5.69 Å². The largest absolute Gasteiger partial charge is 0.389 e. The number of nitrogens with one attached hydrogen (secondary N) is 1. The van der Waals surface area contributed by atoms with Gasteiger partial charge in [0, 0.05) is 17.4 Å². The van der Waals surface area contributed by atoms with Gasteiger partial charge in [0.15, 0.2) is 5.65 Å². The molecule has 3 rings (SSSR count). The summed E-state index contributed by atoms with van der Waals surface area (Å²) in [5.41, 5.74) is 3.64. The topological polar surface area (TPSA) is 62.5 Å². The van der Waals surface area contributed by atoms with Gasteiger partial charge in [-0.3, -0.25) is 4.40 Å². The van der Waals surface area contributed by atoms with Crippen LogP contribution in [0.25, 0.3) is 5.65 Å². The van der Waals surface area contributed by atoms with Crippen LogP contribution in [0.15, 0.2) is 47.5 Å². The Hall–Kier alpha value is -1.92. The van der Waals surface area contributed by atoms with Gasteiger partial charge < -0.3 is 10.4 Å². The number of hydrogen-bond acceptors (Lipinski definition) is 4. The zero-order valence-corrected chi connectivity index (χ0v) is 13.1. The smallest absolute Gasteiger partial charge is 0.155 e. The summed E-state index contributed by atoms with van der Waals surface area (Å²) in [4.78, 5) is 8.48. The Morgan fingerprint density at radius 1 is 1.29 bits per heavy atom. The van der Waals surface area contributed by atoms with Crippen molar-refractivity contribution in [2.75, 3.05) is 5.32 Å². The van der Waals surface area contributed by atoms with Gasteiger partial charge in [0.05, 0.1) is 30.7 Å². The zero-order valence-electron chi connectivity index (χ0n) is 11.5. The maximum Gasteiger partial charge on any atom is 0.155 e. The fourth-order valence-electron chi connectivity index (χ4n) is 2.25. The maximum atomic E-state index is 9.80. The minimum atomic E-state index is -0.505. The lowest BCUT2D eigenvalue weighted by Gasteiger charge is -2.13. The predicted octanol–water partition coefficient (Wildman–Crippen LogP) is 3.16. The van der Waals surface area contributed by atoms with E-state index in [-0.39, 0.29) is 0 Å². The number of rotatable bonds is 4. The van der Waals surface area contributed by atoms with Gasteiger partial charge in [-0.05, 0) is 28.9 Å². The van der Waals surface area contributed by atoms with Crippen LogP contribution >= 0.6 is 15.9 Å². The summed E-state index contributed by atoms with van der Waals surface area (Å²) in [6, 6.07) is 7.75. The van der Waals surface area contributed by atoms with Gasteiger partial charge in [-0.2, -0.15) is 0 Å². The van der Waals surface area contributed by atoms with Crippen LogP contribution in [0.1, 0.15) is 24.3 Å². The van der Waals surface area contributed by atoms with E-state index in [0.717, 1.165) is 27.2 Å². The summed E-state index contributed by atoms with van der Waals surface area (Å²) in [5.74, 6) is 0. The number of hydrogen-bond donors (Lipinski definition) is 2. The van der Waals surface area contributed by atoms with Gasteiger partial charge in [-0.15, -0.1) is 0 Å². The number of aliphatic hydroxyl groups is 1. The molecule has 0 aliphatic carbocycles. The van der Waals surface area contributed by atoms with E-state index < -0.39 is 6.10 Å². The van der Waals surface area contributed by atoms with Gasteiger partial charge in [0.1, 0.15) is 4.60 Å². The third-order valence-electron chi connectivity index (χ3n) is 3.31. The minimum absolute atomic E-state index is 0.505. The Morgan fingerprint density at radius 3 is 2.90 bits per heavy atom. The van der Waals surface area contributed by atoms with Crippen LogP contribution in [-0.2, 0) is 6.54 Å². The van der Waals surface area contributed by atoms with Crippen LogP contribution in [0.5, 0.6) is 0 Å². The van der Waals surface area contributed by atoms with Crippen molar-refractivity contribution in [3.63, 3.8) is 0 Å². The number of imidazole rings is 1. The molecule has 0 bridgehead atoms. The van der Waals surface area contributed by atoms with Crippen molar-refractivity contribution < 1.29 is 5.11 Å². The van der Waals surface area contributed by atoms with Crippen molar-refractivity contribution in [2.45, 2.75) is 19.6 Å². The van der Waals surface area contributed by atoms with E-state index in [4.69, 9.17) is 0 Å². The molecule has 0 aliphatic rings. The fourth-order valence-corrected chi connectivity index (χ4v) is 2.56. The average Bonchev–Trinajstić information content (AvgIpc) is 2.87. The molecule has 1 atom stereocenters. The average molecular weight is 347 g/mol. The first-order chi connectivity index (χ1) is 10.1. The molecule has 3 aromatic rings. The van der Waals surface area contributed by atoms with Crippen LogP contribution in [0.2, 0.25) is 0 Å².